The van der Waals surface area contributed by atoms with Crippen LogP contribution in [0.25, 0.3) is 0 Å². The molecule has 1 aromatic rings. The van der Waals surface area contributed by atoms with E-state index < -0.39 is 5.60 Å². The molecule has 21 heavy (non-hydrogen) atoms. The van der Waals surface area contributed by atoms with Crippen molar-refractivity contribution in [3.63, 3.8) is 0 Å². The van der Waals surface area contributed by atoms with E-state index >= 15 is 0 Å². The summed E-state index contributed by atoms with van der Waals surface area (Å²) in [5.41, 5.74) is 0.788. The SMILES string of the molecule is CCOC(=O)c1ccn2c1CN(C(=O)OC(C)(C)C)CC2. The van der Waals surface area contributed by atoms with Gasteiger partial charge in [-0.25, -0.2) is 9.59 Å². The van der Waals surface area contributed by atoms with E-state index in [4.69, 9.17) is 9.47 Å². The molecule has 0 saturated carbocycles. The monoisotopic (exact) mass is 294 g/mol. The third-order valence-corrected chi connectivity index (χ3v) is 3.18. The fourth-order valence-electron chi connectivity index (χ4n) is 2.26. The van der Waals surface area contributed by atoms with Gasteiger partial charge in [-0.1, -0.05) is 0 Å². The fourth-order valence-corrected chi connectivity index (χ4v) is 2.26. The van der Waals surface area contributed by atoms with Crippen LogP contribution in [0.15, 0.2) is 12.3 Å². The molecule has 0 fully saturated rings. The summed E-state index contributed by atoms with van der Waals surface area (Å²) >= 11 is 0. The number of fused-ring (bicyclic) bond motifs is 1. The van der Waals surface area contributed by atoms with Crippen LogP contribution in [0, 0.1) is 0 Å². The molecule has 0 bridgehead atoms. The van der Waals surface area contributed by atoms with Crippen molar-refractivity contribution in [2.24, 2.45) is 0 Å². The molecule has 1 amide bonds. The molecular weight excluding hydrogens is 272 g/mol. The van der Waals surface area contributed by atoms with Crippen LogP contribution in [0.1, 0.15) is 43.7 Å². The van der Waals surface area contributed by atoms with E-state index in [-0.39, 0.29) is 12.1 Å². The predicted octanol–water partition coefficient (Wildman–Crippen LogP) is 2.42. The minimum Gasteiger partial charge on any atom is -0.462 e. The fraction of sp³-hybridized carbons (Fsp3) is 0.600. The molecule has 2 rings (SSSR count). The number of ether oxygens (including phenoxy) is 2. The van der Waals surface area contributed by atoms with Crippen molar-refractivity contribution in [3.05, 3.63) is 23.5 Å². The van der Waals surface area contributed by atoms with Gasteiger partial charge in [0.2, 0.25) is 0 Å². The first-order valence-electron chi connectivity index (χ1n) is 7.15. The van der Waals surface area contributed by atoms with Crippen LogP contribution in [0.3, 0.4) is 0 Å². The van der Waals surface area contributed by atoms with Crippen LogP contribution < -0.4 is 0 Å². The van der Waals surface area contributed by atoms with Crippen molar-refractivity contribution in [3.8, 4) is 0 Å². The van der Waals surface area contributed by atoms with Gasteiger partial charge in [0.25, 0.3) is 0 Å². The van der Waals surface area contributed by atoms with E-state index in [1.807, 2.05) is 31.5 Å². The van der Waals surface area contributed by atoms with Gasteiger partial charge in [0.15, 0.2) is 0 Å². The van der Waals surface area contributed by atoms with Crippen LogP contribution in [-0.2, 0) is 22.6 Å². The summed E-state index contributed by atoms with van der Waals surface area (Å²) in [5.74, 6) is -0.350. The van der Waals surface area contributed by atoms with Gasteiger partial charge >= 0.3 is 12.1 Å². The third-order valence-electron chi connectivity index (χ3n) is 3.18. The largest absolute Gasteiger partial charge is 0.462 e. The molecule has 0 unspecified atom stereocenters. The zero-order chi connectivity index (χ0) is 15.6. The molecule has 1 aliphatic heterocycles. The van der Waals surface area contributed by atoms with Gasteiger partial charge in [-0.3, -0.25) is 0 Å². The molecule has 0 saturated heterocycles. The van der Waals surface area contributed by atoms with E-state index in [2.05, 4.69) is 0 Å². The number of hydrogen-bond donors (Lipinski definition) is 0. The Morgan fingerprint density at radius 1 is 1.29 bits per heavy atom. The third kappa shape index (κ3) is 3.56. The molecule has 6 nitrogen and oxygen atoms in total. The molecule has 0 spiro atoms. The maximum Gasteiger partial charge on any atom is 0.410 e. The van der Waals surface area contributed by atoms with E-state index in [9.17, 15) is 9.59 Å². The Kier molecular flexibility index (Phi) is 4.25. The number of nitrogens with zero attached hydrogens (tertiary/aromatic N) is 2. The lowest BCUT2D eigenvalue weighted by atomic mass is 10.2. The highest BCUT2D eigenvalue weighted by atomic mass is 16.6. The van der Waals surface area contributed by atoms with Gasteiger partial charge < -0.3 is 18.9 Å². The predicted molar refractivity (Wildman–Crippen MR) is 77.0 cm³/mol. The summed E-state index contributed by atoms with van der Waals surface area (Å²) < 4.78 is 12.4. The lowest BCUT2D eigenvalue weighted by molar-refractivity contribution is 0.0195. The van der Waals surface area contributed by atoms with E-state index in [1.165, 1.54) is 0 Å². The number of esters is 1. The Morgan fingerprint density at radius 2 is 2.00 bits per heavy atom. The molecule has 0 N–H and O–H groups in total. The smallest absolute Gasteiger partial charge is 0.410 e. The molecule has 6 heteroatoms. The maximum atomic E-state index is 12.1. The van der Waals surface area contributed by atoms with Gasteiger partial charge in [0.1, 0.15) is 5.60 Å². The molecule has 116 valence electrons. The number of rotatable bonds is 2. The Bertz CT molecular complexity index is 542. The highest BCUT2D eigenvalue weighted by Gasteiger charge is 2.28. The normalized spacial score (nSPS) is 14.6. The Hall–Kier alpha value is -1.98. The van der Waals surface area contributed by atoms with E-state index in [0.717, 1.165) is 5.69 Å². The number of carbonyl (C=O) groups excluding carboxylic acids is 2. The average molecular weight is 294 g/mol. The summed E-state index contributed by atoms with van der Waals surface area (Å²) in [6.07, 6.45) is 1.50. The topological polar surface area (TPSA) is 60.8 Å². The number of carbonyl (C=O) groups is 2. The van der Waals surface area contributed by atoms with Gasteiger partial charge in [0, 0.05) is 19.3 Å². The molecular formula is C15H22N2O4. The van der Waals surface area contributed by atoms with Gasteiger partial charge in [-0.05, 0) is 33.8 Å². The van der Waals surface area contributed by atoms with Crippen molar-refractivity contribution < 1.29 is 19.1 Å². The minimum atomic E-state index is -0.527. The van der Waals surface area contributed by atoms with Crippen LogP contribution in [0.4, 0.5) is 4.79 Å². The molecule has 0 atom stereocenters. The number of hydrogen-bond acceptors (Lipinski definition) is 4. The summed E-state index contributed by atoms with van der Waals surface area (Å²) in [6, 6.07) is 1.74. The van der Waals surface area contributed by atoms with Gasteiger partial charge in [-0.15, -0.1) is 0 Å². The molecule has 1 aromatic heterocycles. The number of amides is 1. The summed E-state index contributed by atoms with van der Waals surface area (Å²) in [6.45, 7) is 9.18. The van der Waals surface area contributed by atoms with Crippen molar-refractivity contribution in [1.29, 1.82) is 0 Å². The molecule has 0 aliphatic carbocycles. The first-order chi connectivity index (χ1) is 9.81. The highest BCUT2D eigenvalue weighted by molar-refractivity contribution is 5.91. The lowest BCUT2D eigenvalue weighted by Crippen LogP contribution is -2.41. The molecule has 0 radical (unpaired) electrons. The second kappa shape index (κ2) is 5.79. The quantitative estimate of drug-likeness (QED) is 0.786. The Morgan fingerprint density at radius 3 is 2.62 bits per heavy atom. The Balaban J connectivity index is 2.14. The van der Waals surface area contributed by atoms with Crippen LogP contribution in [0.2, 0.25) is 0 Å². The standard InChI is InChI=1S/C15H22N2O4/c1-5-20-13(18)11-6-7-16-8-9-17(10-12(11)16)14(19)21-15(2,3)4/h6-7H,5,8-10H2,1-4H3. The summed E-state index contributed by atoms with van der Waals surface area (Å²) in [5, 5.41) is 0. The first-order valence-corrected chi connectivity index (χ1v) is 7.15. The lowest BCUT2D eigenvalue weighted by Gasteiger charge is -2.31. The van der Waals surface area contributed by atoms with Crippen LogP contribution in [-0.4, -0.2) is 40.3 Å². The van der Waals surface area contributed by atoms with Crippen molar-refractivity contribution >= 4 is 12.1 Å². The summed E-state index contributed by atoms with van der Waals surface area (Å²) in [7, 11) is 0. The summed E-state index contributed by atoms with van der Waals surface area (Å²) in [4.78, 5) is 25.7. The van der Waals surface area contributed by atoms with Crippen molar-refractivity contribution in [1.82, 2.24) is 9.47 Å². The highest BCUT2D eigenvalue weighted by Crippen LogP contribution is 2.21. The average Bonchev–Trinajstić information content (AvgIpc) is 2.79. The van der Waals surface area contributed by atoms with Crippen molar-refractivity contribution in [2.45, 2.75) is 46.4 Å². The second-order valence-electron chi connectivity index (χ2n) is 5.99. The van der Waals surface area contributed by atoms with Gasteiger partial charge in [-0.2, -0.15) is 0 Å². The van der Waals surface area contributed by atoms with E-state index in [1.54, 1.807) is 17.9 Å². The van der Waals surface area contributed by atoms with Gasteiger partial charge in [0.05, 0.1) is 24.4 Å². The Labute approximate surface area is 124 Å². The van der Waals surface area contributed by atoms with Crippen LogP contribution >= 0.6 is 0 Å². The maximum absolute atomic E-state index is 12.1. The molecule has 2 heterocycles. The van der Waals surface area contributed by atoms with Crippen LogP contribution in [0.5, 0.6) is 0 Å². The number of aromatic nitrogens is 1. The zero-order valence-corrected chi connectivity index (χ0v) is 13.0. The molecule has 1 aliphatic rings. The molecule has 0 aromatic carbocycles. The zero-order valence-electron chi connectivity index (χ0n) is 13.0. The van der Waals surface area contributed by atoms with E-state index in [0.29, 0.717) is 31.8 Å². The van der Waals surface area contributed by atoms with Crippen molar-refractivity contribution in [2.75, 3.05) is 13.2 Å². The minimum absolute atomic E-state index is 0.333. The second-order valence-corrected chi connectivity index (χ2v) is 5.99. The first kappa shape index (κ1) is 15.4.